The average molecular weight is 251 g/mol. The van der Waals surface area contributed by atoms with Gasteiger partial charge >= 0.3 is 0 Å². The van der Waals surface area contributed by atoms with E-state index in [0.29, 0.717) is 5.92 Å². The fourth-order valence-electron chi connectivity index (χ4n) is 2.47. The van der Waals surface area contributed by atoms with Gasteiger partial charge in [-0.15, -0.1) is 0 Å². The van der Waals surface area contributed by atoms with Gasteiger partial charge in [0.25, 0.3) is 0 Å². The zero-order valence-electron chi connectivity index (χ0n) is 10.8. The summed E-state index contributed by atoms with van der Waals surface area (Å²) in [6.07, 6.45) is 2.02. The minimum Gasteiger partial charge on any atom is -0.326 e. The SMILES string of the molecule is O=C(Nc1ccccc1)[C@@H]1C[C@@H]1Cc1ccccc1. The van der Waals surface area contributed by atoms with Gasteiger partial charge in [0.2, 0.25) is 5.91 Å². The molecule has 0 unspecified atom stereocenters. The molecular formula is C17H17NO. The Hall–Kier alpha value is -2.09. The molecule has 1 fully saturated rings. The van der Waals surface area contributed by atoms with Crippen molar-refractivity contribution in [1.82, 2.24) is 0 Å². The molecule has 3 rings (SSSR count). The molecular weight excluding hydrogens is 234 g/mol. The number of amides is 1. The standard InChI is InChI=1S/C17H17NO/c19-17(18-15-9-5-2-6-10-15)16-12-14(16)11-13-7-3-1-4-8-13/h1-10,14,16H,11-12H2,(H,18,19)/t14-,16+/m0/s1. The number of carbonyl (C=O) groups excluding carboxylic acids is 1. The Morgan fingerprint density at radius 1 is 1.00 bits per heavy atom. The van der Waals surface area contributed by atoms with Gasteiger partial charge in [0.05, 0.1) is 0 Å². The second-order valence-electron chi connectivity index (χ2n) is 5.15. The monoisotopic (exact) mass is 251 g/mol. The van der Waals surface area contributed by atoms with Crippen LogP contribution in [0.25, 0.3) is 0 Å². The topological polar surface area (TPSA) is 29.1 Å². The van der Waals surface area contributed by atoms with Crippen LogP contribution in [0.4, 0.5) is 5.69 Å². The predicted molar refractivity (Wildman–Crippen MR) is 76.8 cm³/mol. The lowest BCUT2D eigenvalue weighted by molar-refractivity contribution is -0.117. The van der Waals surface area contributed by atoms with Crippen LogP contribution >= 0.6 is 0 Å². The Morgan fingerprint density at radius 3 is 2.32 bits per heavy atom. The summed E-state index contributed by atoms with van der Waals surface area (Å²) >= 11 is 0. The molecule has 0 bridgehead atoms. The lowest BCUT2D eigenvalue weighted by Crippen LogP contribution is -2.15. The van der Waals surface area contributed by atoms with Gasteiger partial charge in [-0.2, -0.15) is 0 Å². The van der Waals surface area contributed by atoms with Crippen LogP contribution in [-0.2, 0) is 11.2 Å². The van der Waals surface area contributed by atoms with Crippen LogP contribution in [0.2, 0.25) is 0 Å². The molecule has 1 amide bonds. The second kappa shape index (κ2) is 5.27. The van der Waals surface area contributed by atoms with Crippen molar-refractivity contribution in [3.8, 4) is 0 Å². The van der Waals surface area contributed by atoms with Crippen LogP contribution in [0.15, 0.2) is 60.7 Å². The number of carbonyl (C=O) groups is 1. The zero-order chi connectivity index (χ0) is 13.1. The van der Waals surface area contributed by atoms with Gasteiger partial charge in [-0.05, 0) is 36.5 Å². The van der Waals surface area contributed by atoms with Gasteiger partial charge in [0.15, 0.2) is 0 Å². The van der Waals surface area contributed by atoms with E-state index >= 15 is 0 Å². The van der Waals surface area contributed by atoms with Crippen molar-refractivity contribution >= 4 is 11.6 Å². The molecule has 0 radical (unpaired) electrons. The van der Waals surface area contributed by atoms with E-state index < -0.39 is 0 Å². The highest BCUT2D eigenvalue weighted by atomic mass is 16.2. The fourth-order valence-corrected chi connectivity index (χ4v) is 2.47. The summed E-state index contributed by atoms with van der Waals surface area (Å²) in [7, 11) is 0. The van der Waals surface area contributed by atoms with Crippen molar-refractivity contribution in [2.24, 2.45) is 11.8 Å². The third-order valence-electron chi connectivity index (χ3n) is 3.64. The third-order valence-corrected chi connectivity index (χ3v) is 3.64. The molecule has 0 saturated heterocycles. The molecule has 0 aliphatic heterocycles. The predicted octanol–water partition coefficient (Wildman–Crippen LogP) is 3.50. The van der Waals surface area contributed by atoms with E-state index in [1.165, 1.54) is 5.56 Å². The van der Waals surface area contributed by atoms with Gasteiger partial charge in [-0.25, -0.2) is 0 Å². The van der Waals surface area contributed by atoms with Gasteiger partial charge in [0, 0.05) is 11.6 Å². The van der Waals surface area contributed by atoms with Gasteiger partial charge in [0.1, 0.15) is 0 Å². The molecule has 2 aromatic carbocycles. The van der Waals surface area contributed by atoms with Crippen LogP contribution in [0.5, 0.6) is 0 Å². The molecule has 0 heterocycles. The first-order valence-corrected chi connectivity index (χ1v) is 6.73. The Morgan fingerprint density at radius 2 is 1.63 bits per heavy atom. The Kier molecular flexibility index (Phi) is 3.32. The normalized spacial score (nSPS) is 20.8. The summed E-state index contributed by atoms with van der Waals surface area (Å²) in [5.74, 6) is 0.846. The van der Waals surface area contributed by atoms with Crippen molar-refractivity contribution < 1.29 is 4.79 Å². The smallest absolute Gasteiger partial charge is 0.227 e. The summed E-state index contributed by atoms with van der Waals surface area (Å²) in [6.45, 7) is 0. The lowest BCUT2D eigenvalue weighted by atomic mass is 10.1. The van der Waals surface area contributed by atoms with Crippen LogP contribution in [0.1, 0.15) is 12.0 Å². The maximum absolute atomic E-state index is 12.1. The number of anilines is 1. The van der Waals surface area contributed by atoms with Crippen LogP contribution in [0, 0.1) is 11.8 Å². The maximum atomic E-state index is 12.1. The second-order valence-corrected chi connectivity index (χ2v) is 5.15. The molecule has 2 atom stereocenters. The molecule has 1 aliphatic rings. The molecule has 2 heteroatoms. The van der Waals surface area contributed by atoms with Crippen LogP contribution < -0.4 is 5.32 Å². The summed E-state index contributed by atoms with van der Waals surface area (Å²) in [6, 6.07) is 20.1. The summed E-state index contributed by atoms with van der Waals surface area (Å²) in [4.78, 5) is 12.1. The number of para-hydroxylation sites is 1. The minimum atomic E-state index is 0.159. The van der Waals surface area contributed by atoms with Crippen molar-refractivity contribution in [2.45, 2.75) is 12.8 Å². The number of nitrogens with one attached hydrogen (secondary N) is 1. The number of benzene rings is 2. The van der Waals surface area contributed by atoms with Gasteiger partial charge in [-0.3, -0.25) is 4.79 Å². The van der Waals surface area contributed by atoms with Crippen molar-refractivity contribution in [3.63, 3.8) is 0 Å². The molecule has 1 N–H and O–H groups in total. The summed E-state index contributed by atoms with van der Waals surface area (Å²) in [5, 5.41) is 2.98. The Balaban J connectivity index is 1.54. The Bertz CT molecular complexity index is 550. The molecule has 0 spiro atoms. The molecule has 1 saturated carbocycles. The van der Waals surface area contributed by atoms with Crippen LogP contribution in [-0.4, -0.2) is 5.91 Å². The maximum Gasteiger partial charge on any atom is 0.227 e. The van der Waals surface area contributed by atoms with Gasteiger partial charge in [-0.1, -0.05) is 48.5 Å². The van der Waals surface area contributed by atoms with E-state index in [2.05, 4.69) is 29.6 Å². The lowest BCUT2D eigenvalue weighted by Gasteiger charge is -2.04. The summed E-state index contributed by atoms with van der Waals surface area (Å²) in [5.41, 5.74) is 2.21. The first-order chi connectivity index (χ1) is 9.33. The highest BCUT2D eigenvalue weighted by Crippen LogP contribution is 2.41. The highest BCUT2D eigenvalue weighted by Gasteiger charge is 2.42. The number of hydrogen-bond donors (Lipinski definition) is 1. The van der Waals surface area contributed by atoms with E-state index in [1.807, 2.05) is 36.4 Å². The fraction of sp³-hybridized carbons (Fsp3) is 0.235. The van der Waals surface area contributed by atoms with Crippen molar-refractivity contribution in [2.75, 3.05) is 5.32 Å². The number of hydrogen-bond acceptors (Lipinski definition) is 1. The van der Waals surface area contributed by atoms with E-state index in [1.54, 1.807) is 0 Å². The molecule has 96 valence electrons. The van der Waals surface area contributed by atoms with E-state index in [0.717, 1.165) is 18.5 Å². The molecule has 1 aliphatic carbocycles. The molecule has 19 heavy (non-hydrogen) atoms. The first kappa shape index (κ1) is 12.0. The zero-order valence-corrected chi connectivity index (χ0v) is 10.8. The average Bonchev–Trinajstić information content (AvgIpc) is 3.20. The molecule has 0 aromatic heterocycles. The Labute approximate surface area is 113 Å². The molecule has 2 nitrogen and oxygen atoms in total. The summed E-state index contributed by atoms with van der Waals surface area (Å²) < 4.78 is 0. The molecule has 2 aromatic rings. The largest absolute Gasteiger partial charge is 0.326 e. The van der Waals surface area contributed by atoms with E-state index in [4.69, 9.17) is 0 Å². The van der Waals surface area contributed by atoms with Gasteiger partial charge < -0.3 is 5.32 Å². The quantitative estimate of drug-likeness (QED) is 0.885. The first-order valence-electron chi connectivity index (χ1n) is 6.73. The van der Waals surface area contributed by atoms with Crippen LogP contribution in [0.3, 0.4) is 0 Å². The number of rotatable bonds is 4. The van der Waals surface area contributed by atoms with Crippen molar-refractivity contribution in [1.29, 1.82) is 0 Å². The third kappa shape index (κ3) is 3.02. The van der Waals surface area contributed by atoms with Crippen molar-refractivity contribution in [3.05, 3.63) is 66.2 Å². The minimum absolute atomic E-state index is 0.159. The highest BCUT2D eigenvalue weighted by molar-refractivity contribution is 5.94. The van der Waals surface area contributed by atoms with E-state index in [9.17, 15) is 4.79 Å². The van der Waals surface area contributed by atoms with E-state index in [-0.39, 0.29) is 11.8 Å².